The average molecular weight is 284 g/mol. The molecule has 1 aromatic carbocycles. The van der Waals surface area contributed by atoms with E-state index in [0.29, 0.717) is 31.7 Å². The molecule has 1 aromatic rings. The van der Waals surface area contributed by atoms with Crippen LogP contribution in [0.3, 0.4) is 0 Å². The zero-order valence-electron chi connectivity index (χ0n) is 11.6. The van der Waals surface area contributed by atoms with Crippen molar-refractivity contribution >= 4 is 11.6 Å². The topological polar surface area (TPSA) is 112 Å². The summed E-state index contributed by atoms with van der Waals surface area (Å²) in [6.07, 6.45) is 1.16. The Hall–Kier alpha value is -2.41. The number of amides is 1. The monoisotopic (exact) mass is 284 g/mol. The van der Waals surface area contributed by atoms with Crippen molar-refractivity contribution in [2.45, 2.75) is 12.8 Å². The van der Waals surface area contributed by atoms with Gasteiger partial charge in [-0.3, -0.25) is 4.79 Å². The van der Waals surface area contributed by atoms with Crippen LogP contribution in [0.2, 0.25) is 0 Å². The number of nitrogens with one attached hydrogen (secondary N) is 1. The maximum Gasteiger partial charge on any atom is 0.232 e. The van der Waals surface area contributed by atoms with Crippen molar-refractivity contribution in [2.24, 2.45) is 11.1 Å². The fourth-order valence-corrected chi connectivity index (χ4v) is 2.36. The number of nitrogens with two attached hydrogens (primary N) is 1. The van der Waals surface area contributed by atoms with Crippen molar-refractivity contribution in [3.63, 3.8) is 0 Å². The third kappa shape index (κ3) is 3.03. The molecule has 1 aliphatic heterocycles. The number of carbonyl (C=O) groups excluding carboxylic acids is 1. The molecule has 0 radical (unpaired) electrons. The number of hydrogen-bond acceptors (Lipinski definition) is 5. The minimum Gasteiger partial charge on any atom is -0.381 e. The van der Waals surface area contributed by atoms with Gasteiger partial charge < -0.3 is 15.8 Å². The quantitative estimate of drug-likeness (QED) is 0.863. The predicted octanol–water partition coefficient (Wildman–Crippen LogP) is 1.12. The molecule has 6 nitrogen and oxygen atoms in total. The lowest BCUT2D eigenvalue weighted by molar-refractivity contribution is -0.130. The molecule has 108 valence electrons. The van der Waals surface area contributed by atoms with E-state index in [0.717, 1.165) is 0 Å². The van der Waals surface area contributed by atoms with E-state index in [2.05, 4.69) is 5.32 Å². The molecular formula is C15H16N4O2. The molecular weight excluding hydrogens is 268 g/mol. The highest BCUT2D eigenvalue weighted by atomic mass is 16.5. The zero-order chi connectivity index (χ0) is 15.3. The van der Waals surface area contributed by atoms with Crippen molar-refractivity contribution in [1.82, 2.24) is 0 Å². The molecule has 3 N–H and O–H groups in total. The Labute approximate surface area is 123 Å². The molecule has 0 aliphatic carbocycles. The summed E-state index contributed by atoms with van der Waals surface area (Å²) < 4.78 is 5.28. The maximum absolute atomic E-state index is 12.5. The Morgan fingerprint density at radius 3 is 2.52 bits per heavy atom. The van der Waals surface area contributed by atoms with E-state index in [1.165, 1.54) is 12.1 Å². The van der Waals surface area contributed by atoms with Crippen molar-refractivity contribution in [1.29, 1.82) is 10.5 Å². The number of nitriles is 2. The highest BCUT2D eigenvalue weighted by molar-refractivity contribution is 5.95. The summed E-state index contributed by atoms with van der Waals surface area (Å²) in [6, 6.07) is 8.52. The van der Waals surface area contributed by atoms with E-state index >= 15 is 0 Å². The molecule has 1 aliphatic rings. The SMILES string of the molecule is N#Cc1ccc(NC(=O)C2(CN)CCOCC2)cc1C#N. The molecule has 2 rings (SSSR count). The van der Waals surface area contributed by atoms with Crippen LogP contribution >= 0.6 is 0 Å². The lowest BCUT2D eigenvalue weighted by Gasteiger charge is -2.34. The maximum atomic E-state index is 12.5. The van der Waals surface area contributed by atoms with Crippen molar-refractivity contribution in [3.8, 4) is 12.1 Å². The fourth-order valence-electron chi connectivity index (χ4n) is 2.36. The summed E-state index contributed by atoms with van der Waals surface area (Å²) in [6.45, 7) is 1.28. The number of nitrogens with zero attached hydrogens (tertiary/aromatic N) is 2. The molecule has 0 unspecified atom stereocenters. The summed E-state index contributed by atoms with van der Waals surface area (Å²) in [7, 11) is 0. The Kier molecular flexibility index (Phi) is 4.54. The second-order valence-electron chi connectivity index (χ2n) is 5.03. The largest absolute Gasteiger partial charge is 0.381 e. The summed E-state index contributed by atoms with van der Waals surface area (Å²) in [5, 5.41) is 20.7. The second kappa shape index (κ2) is 6.36. The molecule has 0 spiro atoms. The third-order valence-electron chi connectivity index (χ3n) is 3.84. The fraction of sp³-hybridized carbons (Fsp3) is 0.400. The summed E-state index contributed by atoms with van der Waals surface area (Å²) in [5.41, 5.74) is 6.18. The van der Waals surface area contributed by atoms with Gasteiger partial charge in [-0.05, 0) is 31.0 Å². The van der Waals surface area contributed by atoms with Gasteiger partial charge in [0.15, 0.2) is 0 Å². The highest BCUT2D eigenvalue weighted by Crippen LogP contribution is 2.31. The highest BCUT2D eigenvalue weighted by Gasteiger charge is 2.38. The van der Waals surface area contributed by atoms with Crippen LogP contribution < -0.4 is 11.1 Å². The number of anilines is 1. The van der Waals surface area contributed by atoms with Crippen molar-refractivity contribution in [3.05, 3.63) is 29.3 Å². The van der Waals surface area contributed by atoms with Crippen LogP contribution in [0.4, 0.5) is 5.69 Å². The average Bonchev–Trinajstić information content (AvgIpc) is 2.55. The van der Waals surface area contributed by atoms with E-state index in [-0.39, 0.29) is 23.6 Å². The first-order valence-electron chi connectivity index (χ1n) is 6.69. The summed E-state index contributed by atoms with van der Waals surface area (Å²) >= 11 is 0. The molecule has 1 amide bonds. The molecule has 0 saturated carbocycles. The van der Waals surface area contributed by atoms with Gasteiger partial charge in [0.25, 0.3) is 0 Å². The molecule has 1 fully saturated rings. The third-order valence-corrected chi connectivity index (χ3v) is 3.84. The van der Waals surface area contributed by atoms with Crippen LogP contribution in [-0.4, -0.2) is 25.7 Å². The Bertz CT molecular complexity index is 622. The number of hydrogen-bond donors (Lipinski definition) is 2. The normalized spacial score (nSPS) is 16.5. The van der Waals surface area contributed by atoms with Crippen LogP contribution in [0, 0.1) is 28.1 Å². The number of benzene rings is 1. The summed E-state index contributed by atoms with van der Waals surface area (Å²) in [4.78, 5) is 12.5. The standard InChI is InChI=1S/C15H16N4O2/c16-8-11-1-2-13(7-12(11)9-17)19-14(20)15(10-18)3-5-21-6-4-15/h1-2,7H,3-6,10,18H2,(H,19,20). The van der Waals surface area contributed by atoms with E-state index < -0.39 is 5.41 Å². The minimum atomic E-state index is -0.626. The molecule has 0 aromatic heterocycles. The van der Waals surface area contributed by atoms with Crippen LogP contribution in [-0.2, 0) is 9.53 Å². The molecule has 1 saturated heterocycles. The van der Waals surface area contributed by atoms with Gasteiger partial charge in [0.1, 0.15) is 12.1 Å². The van der Waals surface area contributed by atoms with Gasteiger partial charge >= 0.3 is 0 Å². The van der Waals surface area contributed by atoms with E-state index in [4.69, 9.17) is 21.0 Å². The Morgan fingerprint density at radius 1 is 1.29 bits per heavy atom. The predicted molar refractivity (Wildman–Crippen MR) is 76.0 cm³/mol. The van der Waals surface area contributed by atoms with Gasteiger partial charge in [-0.15, -0.1) is 0 Å². The van der Waals surface area contributed by atoms with Gasteiger partial charge in [0.2, 0.25) is 5.91 Å². The van der Waals surface area contributed by atoms with E-state index in [1.807, 2.05) is 12.1 Å². The van der Waals surface area contributed by atoms with Gasteiger partial charge in [0, 0.05) is 25.4 Å². The van der Waals surface area contributed by atoms with Crippen molar-refractivity contribution < 1.29 is 9.53 Å². The van der Waals surface area contributed by atoms with Gasteiger partial charge in [-0.1, -0.05) is 0 Å². The number of rotatable bonds is 3. The second-order valence-corrected chi connectivity index (χ2v) is 5.03. The Balaban J connectivity index is 2.20. The number of ether oxygens (including phenoxy) is 1. The first-order valence-corrected chi connectivity index (χ1v) is 6.69. The van der Waals surface area contributed by atoms with E-state index in [1.54, 1.807) is 6.07 Å². The van der Waals surface area contributed by atoms with Gasteiger partial charge in [-0.25, -0.2) is 0 Å². The lowest BCUT2D eigenvalue weighted by atomic mass is 9.79. The molecule has 0 bridgehead atoms. The first-order chi connectivity index (χ1) is 10.1. The Morgan fingerprint density at radius 2 is 1.95 bits per heavy atom. The van der Waals surface area contributed by atoms with Gasteiger partial charge in [0.05, 0.1) is 16.5 Å². The van der Waals surface area contributed by atoms with Gasteiger partial charge in [-0.2, -0.15) is 10.5 Å². The first kappa shape index (κ1) is 15.0. The van der Waals surface area contributed by atoms with E-state index in [9.17, 15) is 4.79 Å². The smallest absolute Gasteiger partial charge is 0.232 e. The molecule has 1 heterocycles. The summed E-state index contributed by atoms with van der Waals surface area (Å²) in [5.74, 6) is -0.165. The van der Waals surface area contributed by atoms with Crippen LogP contribution in [0.5, 0.6) is 0 Å². The minimum absolute atomic E-state index is 0.165. The molecule has 6 heteroatoms. The molecule has 0 atom stereocenters. The van der Waals surface area contributed by atoms with Crippen LogP contribution in [0.1, 0.15) is 24.0 Å². The zero-order valence-corrected chi connectivity index (χ0v) is 11.6. The van der Waals surface area contributed by atoms with Crippen molar-refractivity contribution in [2.75, 3.05) is 25.1 Å². The number of carbonyl (C=O) groups is 1. The molecule has 21 heavy (non-hydrogen) atoms. The van der Waals surface area contributed by atoms with Crippen LogP contribution in [0.25, 0.3) is 0 Å². The van der Waals surface area contributed by atoms with Crippen LogP contribution in [0.15, 0.2) is 18.2 Å². The lowest BCUT2D eigenvalue weighted by Crippen LogP contribution is -2.46.